The highest BCUT2D eigenvalue weighted by atomic mass is 16.5. The smallest absolute Gasteiger partial charge is 0.128 e. The second-order valence-electron chi connectivity index (χ2n) is 16.3. The molecule has 1 heterocycles. The van der Waals surface area contributed by atoms with Crippen LogP contribution < -0.4 is 9.47 Å². The van der Waals surface area contributed by atoms with E-state index in [4.69, 9.17) is 9.47 Å². The fourth-order valence-corrected chi connectivity index (χ4v) is 8.27. The summed E-state index contributed by atoms with van der Waals surface area (Å²) in [5, 5.41) is 15.4. The van der Waals surface area contributed by atoms with Gasteiger partial charge in [0.05, 0.1) is 13.2 Å². The van der Waals surface area contributed by atoms with Crippen LogP contribution in [0.1, 0.15) is 78.4 Å². The summed E-state index contributed by atoms with van der Waals surface area (Å²) in [6, 6.07) is 32.8. The van der Waals surface area contributed by atoms with Crippen molar-refractivity contribution in [1.82, 2.24) is 0 Å². The number of hydrogen-bond acceptors (Lipinski definition) is 2. The van der Waals surface area contributed by atoms with Crippen LogP contribution in [0.4, 0.5) is 0 Å². The summed E-state index contributed by atoms with van der Waals surface area (Å²) < 4.78 is 13.6. The Bertz CT molecular complexity index is 2310. The molecule has 0 unspecified atom stereocenters. The highest BCUT2D eigenvalue weighted by molar-refractivity contribution is 6.31. The van der Waals surface area contributed by atoms with Crippen LogP contribution in [0.2, 0.25) is 0 Å². The standard InChI is InChI=1S/C46H44O2/c1-45(2,3)33-21-27-11-13-31-25-37-43(35-17-15-29(23-33)39(27)41(31)35)44-36-18-16-30-24-34(46(4,5)6)22-28-12-14-32(42(36)40(28)30)26-38(44)48-20-10-8-7-9-19-47-37/h11-18,21-26H,7-10,19-20H2,1-6H3. The summed E-state index contributed by atoms with van der Waals surface area (Å²) in [7, 11) is 0. The Balaban J connectivity index is 1.42. The zero-order valence-electron chi connectivity index (χ0n) is 29.1. The fraction of sp³-hybridized carbons (Fsp3) is 0.304. The van der Waals surface area contributed by atoms with Crippen LogP contribution in [0.5, 0.6) is 11.5 Å². The van der Waals surface area contributed by atoms with Crippen LogP contribution in [0, 0.1) is 0 Å². The van der Waals surface area contributed by atoms with Crippen LogP contribution in [-0.4, -0.2) is 13.2 Å². The van der Waals surface area contributed by atoms with Gasteiger partial charge in [0, 0.05) is 11.1 Å². The van der Waals surface area contributed by atoms with Gasteiger partial charge >= 0.3 is 0 Å². The predicted molar refractivity (Wildman–Crippen MR) is 206 cm³/mol. The van der Waals surface area contributed by atoms with Crippen molar-refractivity contribution in [3.05, 3.63) is 96.1 Å². The molecule has 0 N–H and O–H groups in total. The minimum atomic E-state index is 0.0726. The molecule has 0 fully saturated rings. The van der Waals surface area contributed by atoms with Crippen LogP contribution in [0.3, 0.4) is 0 Å². The van der Waals surface area contributed by atoms with E-state index in [-0.39, 0.29) is 10.8 Å². The Hall–Kier alpha value is -4.56. The maximum atomic E-state index is 6.82. The van der Waals surface area contributed by atoms with Crippen molar-refractivity contribution in [1.29, 1.82) is 0 Å². The van der Waals surface area contributed by atoms with Gasteiger partial charge < -0.3 is 9.47 Å². The van der Waals surface area contributed by atoms with E-state index < -0.39 is 0 Å². The molecule has 8 aromatic carbocycles. The first kappa shape index (κ1) is 29.6. The third-order valence-corrected chi connectivity index (χ3v) is 10.9. The van der Waals surface area contributed by atoms with Crippen molar-refractivity contribution < 1.29 is 9.47 Å². The van der Waals surface area contributed by atoms with Gasteiger partial charge in [-0.1, -0.05) is 114 Å². The van der Waals surface area contributed by atoms with Gasteiger partial charge in [0.2, 0.25) is 0 Å². The third kappa shape index (κ3) is 4.52. The molecule has 2 nitrogen and oxygen atoms in total. The number of ether oxygens (including phenoxy) is 2. The maximum Gasteiger partial charge on any atom is 0.128 e. The molecule has 0 saturated carbocycles. The van der Waals surface area contributed by atoms with E-state index in [2.05, 4.69) is 126 Å². The van der Waals surface area contributed by atoms with Gasteiger partial charge in [-0.05, 0) is 124 Å². The van der Waals surface area contributed by atoms with Gasteiger partial charge in [-0.15, -0.1) is 0 Å². The molecule has 0 radical (unpaired) electrons. The Labute approximate surface area is 283 Å². The van der Waals surface area contributed by atoms with E-state index in [1.807, 2.05) is 0 Å². The normalized spacial score (nSPS) is 15.1. The molecule has 0 aliphatic carbocycles. The van der Waals surface area contributed by atoms with Gasteiger partial charge in [0.15, 0.2) is 0 Å². The van der Waals surface area contributed by atoms with Crippen molar-refractivity contribution in [3.8, 4) is 22.6 Å². The topological polar surface area (TPSA) is 18.5 Å². The van der Waals surface area contributed by atoms with E-state index in [1.165, 1.54) is 75.8 Å². The first-order chi connectivity index (χ1) is 23.1. The second-order valence-corrected chi connectivity index (χ2v) is 16.3. The Morgan fingerprint density at radius 1 is 0.396 bits per heavy atom. The average Bonchev–Trinajstić information content (AvgIpc) is 3.05. The minimum absolute atomic E-state index is 0.0726. The summed E-state index contributed by atoms with van der Waals surface area (Å²) in [4.78, 5) is 0. The highest BCUT2D eigenvalue weighted by Crippen LogP contribution is 2.52. The van der Waals surface area contributed by atoms with Crippen LogP contribution in [-0.2, 0) is 10.8 Å². The summed E-state index contributed by atoms with van der Waals surface area (Å²) >= 11 is 0. The lowest BCUT2D eigenvalue weighted by atomic mass is 9.81. The molecule has 8 aromatic rings. The van der Waals surface area contributed by atoms with Crippen LogP contribution >= 0.6 is 0 Å². The molecule has 48 heavy (non-hydrogen) atoms. The van der Waals surface area contributed by atoms with Crippen molar-refractivity contribution in [2.45, 2.75) is 78.1 Å². The first-order valence-corrected chi connectivity index (χ1v) is 17.8. The first-order valence-electron chi connectivity index (χ1n) is 17.8. The van der Waals surface area contributed by atoms with Crippen LogP contribution in [0.25, 0.3) is 75.8 Å². The summed E-state index contributed by atoms with van der Waals surface area (Å²) in [6.07, 6.45) is 4.38. The quantitative estimate of drug-likeness (QED) is 0.156. The zero-order chi connectivity index (χ0) is 32.9. The number of fused-ring (bicyclic) bond motifs is 5. The molecule has 1 aliphatic rings. The molecule has 240 valence electrons. The molecule has 0 spiro atoms. The van der Waals surface area contributed by atoms with E-state index in [1.54, 1.807) is 0 Å². The molecule has 0 atom stereocenters. The summed E-state index contributed by atoms with van der Waals surface area (Å²) in [5.74, 6) is 1.90. The molecular formula is C46H44O2. The Morgan fingerprint density at radius 2 is 0.729 bits per heavy atom. The number of rotatable bonds is 0. The van der Waals surface area contributed by atoms with Crippen molar-refractivity contribution in [2.75, 3.05) is 13.2 Å². The summed E-state index contributed by atoms with van der Waals surface area (Å²) in [6.45, 7) is 15.2. The van der Waals surface area contributed by atoms with E-state index in [9.17, 15) is 0 Å². The van der Waals surface area contributed by atoms with Gasteiger partial charge in [-0.3, -0.25) is 0 Å². The lowest BCUT2D eigenvalue weighted by molar-refractivity contribution is 0.285. The molecule has 0 aromatic heterocycles. The summed E-state index contributed by atoms with van der Waals surface area (Å²) in [5.41, 5.74) is 5.18. The lowest BCUT2D eigenvalue weighted by Gasteiger charge is -2.25. The monoisotopic (exact) mass is 628 g/mol. The molecule has 1 aliphatic heterocycles. The second kappa shape index (κ2) is 10.5. The van der Waals surface area contributed by atoms with E-state index >= 15 is 0 Å². The minimum Gasteiger partial charge on any atom is -0.493 e. The fourth-order valence-electron chi connectivity index (χ4n) is 8.27. The zero-order valence-corrected chi connectivity index (χ0v) is 29.1. The molecular weight excluding hydrogens is 585 g/mol. The molecule has 0 bridgehead atoms. The molecule has 2 heteroatoms. The molecule has 0 saturated heterocycles. The van der Waals surface area contributed by atoms with E-state index in [0.29, 0.717) is 13.2 Å². The highest BCUT2D eigenvalue weighted by Gasteiger charge is 2.26. The van der Waals surface area contributed by atoms with Crippen molar-refractivity contribution in [2.24, 2.45) is 0 Å². The van der Waals surface area contributed by atoms with E-state index in [0.717, 1.165) is 48.3 Å². The Kier molecular flexibility index (Phi) is 6.45. The van der Waals surface area contributed by atoms with Crippen molar-refractivity contribution in [3.63, 3.8) is 0 Å². The van der Waals surface area contributed by atoms with Crippen molar-refractivity contribution >= 4 is 64.6 Å². The van der Waals surface area contributed by atoms with Gasteiger partial charge in [-0.25, -0.2) is 0 Å². The lowest BCUT2D eigenvalue weighted by Crippen LogP contribution is -2.11. The third-order valence-electron chi connectivity index (χ3n) is 10.9. The average molecular weight is 629 g/mol. The molecule has 9 rings (SSSR count). The van der Waals surface area contributed by atoms with Gasteiger partial charge in [-0.2, -0.15) is 0 Å². The molecule has 0 amide bonds. The van der Waals surface area contributed by atoms with Gasteiger partial charge in [0.25, 0.3) is 0 Å². The SMILES string of the molecule is CC(C)(C)c1cc2ccc3cc4c(c5ccc(c1)c2c35)-c1c(cc2ccc3cc(C(C)(C)C)cc5ccc1c2c35)OCCCCCCO4. The number of benzene rings is 8. The number of hydrogen-bond donors (Lipinski definition) is 0. The Morgan fingerprint density at radius 3 is 1.08 bits per heavy atom. The van der Waals surface area contributed by atoms with Gasteiger partial charge in [0.1, 0.15) is 11.5 Å². The predicted octanol–water partition coefficient (Wildman–Crippen LogP) is 13.1. The van der Waals surface area contributed by atoms with Crippen LogP contribution in [0.15, 0.2) is 84.9 Å². The maximum absolute atomic E-state index is 6.82. The largest absolute Gasteiger partial charge is 0.493 e.